The maximum absolute atomic E-state index is 2.50. The smallest absolute Gasteiger partial charge is 0.101 e. The number of rotatable bonds is 3. The molecule has 0 spiro atoms. The van der Waals surface area contributed by atoms with Gasteiger partial charge in [-0.25, -0.2) is 0 Å². The maximum Gasteiger partial charge on any atom is 0.140 e. The summed E-state index contributed by atoms with van der Waals surface area (Å²) in [6.45, 7) is 0. The lowest BCUT2D eigenvalue weighted by molar-refractivity contribution is 1.75. The van der Waals surface area contributed by atoms with Crippen LogP contribution in [0.15, 0.2) is 109 Å². The Labute approximate surface area is 401 Å². The Morgan fingerprint density at radius 2 is 0.485 bits per heavy atom. The van der Waals surface area contributed by atoms with Crippen molar-refractivity contribution >= 4 is 262 Å². The third-order valence-corrected chi connectivity index (χ3v) is 17.1. The van der Waals surface area contributed by atoms with Crippen LogP contribution in [0.25, 0.3) is 109 Å². The van der Waals surface area contributed by atoms with E-state index in [1.165, 1.54) is 185 Å². The van der Waals surface area contributed by atoms with Gasteiger partial charge < -0.3 is 0 Å². The Morgan fingerprint density at radius 1 is 0.197 bits per heavy atom. The van der Waals surface area contributed by atoms with Crippen molar-refractivity contribution in [3.63, 3.8) is 0 Å². The molecule has 0 N–H and O–H groups in total. The van der Waals surface area contributed by atoms with Crippen LogP contribution in [0.5, 0.6) is 0 Å². The summed E-state index contributed by atoms with van der Waals surface area (Å²) in [5.74, 6) is 0. The first-order chi connectivity index (χ1) is 31.6. The molecule has 66 heavy (non-hydrogen) atoms. The monoisotopic (exact) mass is 824 g/mol. The van der Waals surface area contributed by atoms with Crippen molar-refractivity contribution in [2.24, 2.45) is 0 Å². The molecular weight excluding hydrogens is 776 g/mol. The molecule has 11 rings (SSSR count). The highest BCUT2D eigenvalue weighted by Gasteiger charge is 2.29. The molecule has 0 nitrogen and oxygen atoms in total. The van der Waals surface area contributed by atoms with E-state index < -0.39 is 0 Å². The minimum absolute atomic E-state index is 1.28. The number of hydrogen-bond donors (Lipinski definition) is 0. The summed E-state index contributed by atoms with van der Waals surface area (Å²) in [7, 11) is 33.5. The highest BCUT2D eigenvalue weighted by Crippen LogP contribution is 2.44. The molecule has 296 valence electrons. The van der Waals surface area contributed by atoms with E-state index in [2.05, 4.69) is 219 Å². The first kappa shape index (κ1) is 42.8. The zero-order chi connectivity index (χ0) is 46.4. The molecule has 0 amide bonds. The quantitative estimate of drug-likeness (QED) is 0.0946. The minimum Gasteiger partial charge on any atom is -0.101 e. The van der Waals surface area contributed by atoms with Crippen LogP contribution in [0.4, 0.5) is 0 Å². The van der Waals surface area contributed by atoms with Crippen LogP contribution in [0.2, 0.25) is 0 Å². The molecule has 0 saturated heterocycles. The summed E-state index contributed by atoms with van der Waals surface area (Å²) in [6.07, 6.45) is 0. The van der Waals surface area contributed by atoms with Gasteiger partial charge in [0.1, 0.15) is 110 Å². The van der Waals surface area contributed by atoms with Crippen molar-refractivity contribution in [3.8, 4) is 33.4 Å². The highest BCUT2D eigenvalue weighted by molar-refractivity contribution is 6.74. The number of hydrogen-bond acceptors (Lipinski definition) is 0. The molecule has 0 fully saturated rings. The predicted octanol–water partition coefficient (Wildman–Crippen LogP) is -9.62. The van der Waals surface area contributed by atoms with Crippen LogP contribution in [-0.2, 0) is 0 Å². The molecule has 0 saturated carbocycles. The summed E-state index contributed by atoms with van der Waals surface area (Å²) in [6, 6.07) is 40.9. The average molecular weight is 822 g/mol. The molecule has 0 aliphatic rings. The Bertz CT molecular complexity index is 3970. The predicted molar refractivity (Wildman–Crippen MR) is 340 cm³/mol. The second-order valence-electron chi connectivity index (χ2n) is 19.9. The van der Waals surface area contributed by atoms with E-state index in [0.29, 0.717) is 0 Å². The lowest BCUT2D eigenvalue weighted by Gasteiger charge is -2.31. The normalized spacial score (nSPS) is 11.9. The van der Waals surface area contributed by atoms with Gasteiger partial charge in [0.25, 0.3) is 0 Å². The molecular formula is C52H46B14. The molecule has 0 atom stereocenters. The molecule has 11 aromatic rings. The summed E-state index contributed by atoms with van der Waals surface area (Å²) in [5.41, 5.74) is 27.5. The van der Waals surface area contributed by atoms with E-state index in [-0.39, 0.29) is 0 Å². The molecule has 0 aliphatic carbocycles. The molecule has 11 aromatic carbocycles. The van der Waals surface area contributed by atoms with E-state index >= 15 is 0 Å². The second-order valence-corrected chi connectivity index (χ2v) is 19.9. The van der Waals surface area contributed by atoms with E-state index in [0.717, 1.165) is 0 Å². The molecule has 0 unspecified atom stereocenters. The van der Waals surface area contributed by atoms with Crippen LogP contribution in [0, 0.1) is 0 Å². The van der Waals surface area contributed by atoms with Crippen LogP contribution in [0.1, 0.15) is 0 Å². The standard InChI is InChI=1S/C52H46B14/c53-39-30(28-18-20-10-2-4-12-22(20)24-14-6-8-16-26(24)28)41(55)47(61)38-37(39)48(62)46(60)36(40(38)54)31-34-32(42(56)49(63)51(65)44(34)58)29(33-35(31)45(59)52(66)50(64)43(33)57)27-17-19-9-1-3-11-21(19)23-13-5-7-15-25(23)27/h1-18H,53-66H2. The fraction of sp³-hybridized carbons (Fsp3) is 0. The van der Waals surface area contributed by atoms with Crippen molar-refractivity contribution in [2.45, 2.75) is 0 Å². The van der Waals surface area contributed by atoms with Crippen LogP contribution >= 0.6 is 0 Å². The van der Waals surface area contributed by atoms with Gasteiger partial charge in [0.15, 0.2) is 0 Å². The topological polar surface area (TPSA) is 0 Å². The van der Waals surface area contributed by atoms with Gasteiger partial charge in [0.2, 0.25) is 0 Å². The van der Waals surface area contributed by atoms with Gasteiger partial charge in [-0.3, -0.25) is 0 Å². The van der Waals surface area contributed by atoms with Gasteiger partial charge >= 0.3 is 0 Å². The largest absolute Gasteiger partial charge is 0.140 e. The van der Waals surface area contributed by atoms with Crippen molar-refractivity contribution in [3.05, 3.63) is 109 Å². The van der Waals surface area contributed by atoms with E-state index in [4.69, 9.17) is 0 Å². The van der Waals surface area contributed by atoms with Gasteiger partial charge in [-0.2, -0.15) is 0 Å². The SMILES string of the molecule is Bc1c(-c2c3c(B)c(B)c(B)c(B)c3c(-c3cc4ccccc4c4ccccc34)c3c(B)c(B)c(B)c(B)c23)c(B)c2c(B)c(B)c(-c3cc4ccccc4c4ccccc34)c(B)c2c1B. The summed E-state index contributed by atoms with van der Waals surface area (Å²) < 4.78 is 0. The van der Waals surface area contributed by atoms with Crippen molar-refractivity contribution < 1.29 is 0 Å². The third kappa shape index (κ3) is 5.72. The molecule has 0 bridgehead atoms. The van der Waals surface area contributed by atoms with Gasteiger partial charge in [-0.1, -0.05) is 152 Å². The Morgan fingerprint density at radius 3 is 0.894 bits per heavy atom. The van der Waals surface area contributed by atoms with Crippen LogP contribution in [0.3, 0.4) is 0 Å². The molecule has 0 heterocycles. The molecule has 14 heteroatoms. The molecule has 0 aliphatic heterocycles. The average Bonchev–Trinajstić information content (AvgIpc) is 3.33. The number of fused-ring (bicyclic) bond motifs is 9. The summed E-state index contributed by atoms with van der Waals surface area (Å²) in [5, 5.41) is 18.8. The van der Waals surface area contributed by atoms with Gasteiger partial charge in [0.05, 0.1) is 0 Å². The Balaban J connectivity index is 1.35. The highest BCUT2D eigenvalue weighted by atomic mass is 14.3. The van der Waals surface area contributed by atoms with Gasteiger partial charge in [-0.05, 0) is 121 Å². The van der Waals surface area contributed by atoms with Crippen molar-refractivity contribution in [2.75, 3.05) is 0 Å². The number of benzene rings is 11. The minimum atomic E-state index is 1.28. The van der Waals surface area contributed by atoms with Crippen LogP contribution in [-0.4, -0.2) is 110 Å². The first-order valence-electron chi connectivity index (χ1n) is 24.0. The zero-order valence-electron chi connectivity index (χ0n) is 41.4. The Kier molecular flexibility index (Phi) is 9.95. The maximum atomic E-state index is 2.50. The van der Waals surface area contributed by atoms with E-state index in [1.54, 1.807) is 0 Å². The van der Waals surface area contributed by atoms with Crippen molar-refractivity contribution in [1.29, 1.82) is 0 Å². The third-order valence-electron chi connectivity index (χ3n) is 17.1. The lowest BCUT2D eigenvalue weighted by atomic mass is 9.57. The van der Waals surface area contributed by atoms with E-state index in [1.807, 2.05) is 0 Å². The fourth-order valence-corrected chi connectivity index (χ4v) is 12.8. The lowest BCUT2D eigenvalue weighted by Crippen LogP contribution is -2.50. The van der Waals surface area contributed by atoms with Gasteiger partial charge in [-0.15, -0.1) is 21.9 Å². The second kappa shape index (κ2) is 15.3. The first-order valence-corrected chi connectivity index (χ1v) is 24.0. The molecule has 0 radical (unpaired) electrons. The van der Waals surface area contributed by atoms with Gasteiger partial charge in [0, 0.05) is 0 Å². The fourth-order valence-electron chi connectivity index (χ4n) is 12.8. The summed E-state index contributed by atoms with van der Waals surface area (Å²) >= 11 is 0. The Hall–Kier alpha value is -5.85. The van der Waals surface area contributed by atoms with E-state index in [9.17, 15) is 0 Å². The molecule has 0 aromatic heterocycles. The summed E-state index contributed by atoms with van der Waals surface area (Å²) in [4.78, 5) is 0. The zero-order valence-corrected chi connectivity index (χ0v) is 41.4. The van der Waals surface area contributed by atoms with Crippen LogP contribution < -0.4 is 76.5 Å². The van der Waals surface area contributed by atoms with Crippen molar-refractivity contribution in [1.82, 2.24) is 0 Å².